The normalized spacial score (nSPS) is 9.25. The van der Waals surface area contributed by atoms with Crippen LogP contribution in [0.2, 0.25) is 0 Å². The molecule has 0 saturated carbocycles. The molecule has 0 aliphatic carbocycles. The van der Waals surface area contributed by atoms with E-state index in [4.69, 9.17) is 10.00 Å². The molecule has 0 unspecified atom stereocenters. The quantitative estimate of drug-likeness (QED) is 0.384. The summed E-state index contributed by atoms with van der Waals surface area (Å²) < 4.78 is 4.81. The van der Waals surface area contributed by atoms with Crippen LogP contribution in [0.4, 0.5) is 0 Å². The summed E-state index contributed by atoms with van der Waals surface area (Å²) in [7, 11) is 3.77. The first-order valence-electron chi connectivity index (χ1n) is 2.37. The van der Waals surface area contributed by atoms with E-state index in [1.807, 2.05) is 25.1 Å². The Balaban J connectivity index is 2.85. The molecule has 0 amide bonds. The highest BCUT2D eigenvalue weighted by atomic mass is 16.5. The minimum absolute atomic E-state index is 0.179. The highest BCUT2D eigenvalue weighted by molar-refractivity contribution is 4.65. The summed E-state index contributed by atoms with van der Waals surface area (Å²) >= 11 is 0. The van der Waals surface area contributed by atoms with Gasteiger partial charge in [0.2, 0.25) is 0 Å². The zero-order valence-electron chi connectivity index (χ0n) is 5.22. The van der Waals surface area contributed by atoms with Crippen molar-refractivity contribution in [2.24, 2.45) is 0 Å². The van der Waals surface area contributed by atoms with Crippen LogP contribution in [-0.2, 0) is 4.74 Å². The van der Waals surface area contributed by atoms with Gasteiger partial charge < -0.3 is 4.74 Å². The fourth-order valence-corrected chi connectivity index (χ4v) is 0.274. The lowest BCUT2D eigenvalue weighted by Crippen LogP contribution is -2.15. The second kappa shape index (κ2) is 4.57. The maximum Gasteiger partial charge on any atom is 0.135 e. The molecule has 3 nitrogen and oxygen atoms in total. The fourth-order valence-electron chi connectivity index (χ4n) is 0.274. The van der Waals surface area contributed by atoms with Gasteiger partial charge in [-0.05, 0) is 14.1 Å². The number of nitrogens with zero attached hydrogens (tertiary/aromatic N) is 2. The standard InChI is InChI=1S/C5H10N2O/c1-7(2)5-8-4-3-6/h4-5H2,1-2H3. The largest absolute Gasteiger partial charge is 0.351 e. The van der Waals surface area contributed by atoms with Crippen LogP contribution < -0.4 is 0 Å². The van der Waals surface area contributed by atoms with Crippen LogP contribution in [0.5, 0.6) is 0 Å². The zero-order valence-corrected chi connectivity index (χ0v) is 5.22. The van der Waals surface area contributed by atoms with Crippen LogP contribution in [0.3, 0.4) is 0 Å². The molecule has 0 aromatic carbocycles. The van der Waals surface area contributed by atoms with Gasteiger partial charge in [-0.15, -0.1) is 0 Å². The minimum atomic E-state index is 0.179. The maximum absolute atomic E-state index is 7.99. The van der Waals surface area contributed by atoms with Crippen molar-refractivity contribution >= 4 is 0 Å². The Hall–Kier alpha value is -0.590. The van der Waals surface area contributed by atoms with Gasteiger partial charge in [-0.3, -0.25) is 4.90 Å². The Labute approximate surface area is 49.5 Å². The van der Waals surface area contributed by atoms with Gasteiger partial charge in [0.15, 0.2) is 0 Å². The number of ether oxygens (including phenoxy) is 1. The maximum atomic E-state index is 7.99. The minimum Gasteiger partial charge on any atom is -0.351 e. The van der Waals surface area contributed by atoms with Gasteiger partial charge in [0.25, 0.3) is 0 Å². The van der Waals surface area contributed by atoms with Crippen molar-refractivity contribution in [1.82, 2.24) is 4.90 Å². The number of hydrogen-bond donors (Lipinski definition) is 0. The third kappa shape index (κ3) is 5.41. The summed E-state index contributed by atoms with van der Waals surface area (Å²) in [6.45, 7) is 0.700. The molecule has 3 heteroatoms. The van der Waals surface area contributed by atoms with E-state index in [0.717, 1.165) is 0 Å². The van der Waals surface area contributed by atoms with Crippen molar-refractivity contribution in [3.05, 3.63) is 0 Å². The molecule has 0 heterocycles. The monoisotopic (exact) mass is 114 g/mol. The molecule has 0 aliphatic rings. The summed E-state index contributed by atoms with van der Waals surface area (Å²) in [5.41, 5.74) is 0. The molecule has 0 aliphatic heterocycles. The highest BCUT2D eigenvalue weighted by Crippen LogP contribution is 1.74. The number of nitriles is 1. The Morgan fingerprint density at radius 3 is 2.62 bits per heavy atom. The molecule has 0 rings (SSSR count). The molecule has 0 aromatic rings. The fraction of sp³-hybridized carbons (Fsp3) is 0.800. The van der Waals surface area contributed by atoms with Gasteiger partial charge >= 0.3 is 0 Å². The summed E-state index contributed by atoms with van der Waals surface area (Å²) in [4.78, 5) is 1.86. The molecule has 0 spiro atoms. The second-order valence-corrected chi connectivity index (χ2v) is 1.72. The molecule has 0 bridgehead atoms. The van der Waals surface area contributed by atoms with Crippen LogP contribution >= 0.6 is 0 Å². The topological polar surface area (TPSA) is 36.3 Å². The lowest BCUT2D eigenvalue weighted by Gasteiger charge is -2.06. The highest BCUT2D eigenvalue weighted by Gasteiger charge is 1.85. The summed E-state index contributed by atoms with van der Waals surface area (Å²) in [6.07, 6.45) is 0. The first-order chi connectivity index (χ1) is 3.77. The van der Waals surface area contributed by atoms with Crippen molar-refractivity contribution in [3.8, 4) is 6.07 Å². The third-order valence-corrected chi connectivity index (χ3v) is 0.516. The predicted octanol–water partition coefficient (Wildman–Crippen LogP) is 0.0457. The zero-order chi connectivity index (χ0) is 6.41. The van der Waals surface area contributed by atoms with Crippen molar-refractivity contribution < 1.29 is 4.74 Å². The predicted molar refractivity (Wildman–Crippen MR) is 30.1 cm³/mol. The Bertz CT molecular complexity index is 84.9. The van der Waals surface area contributed by atoms with Gasteiger partial charge in [0, 0.05) is 0 Å². The number of hydrogen-bond acceptors (Lipinski definition) is 3. The number of rotatable bonds is 3. The summed E-state index contributed by atoms with van der Waals surface area (Å²) in [5.74, 6) is 0. The van der Waals surface area contributed by atoms with E-state index in [2.05, 4.69) is 0 Å². The van der Waals surface area contributed by atoms with Gasteiger partial charge in [-0.25, -0.2) is 0 Å². The molecule has 0 N–H and O–H groups in total. The van der Waals surface area contributed by atoms with Crippen LogP contribution in [-0.4, -0.2) is 32.3 Å². The molecule has 0 aromatic heterocycles. The average molecular weight is 114 g/mol. The molecule has 46 valence electrons. The Kier molecular flexibility index (Phi) is 4.23. The van der Waals surface area contributed by atoms with Crippen LogP contribution in [0.1, 0.15) is 0 Å². The molecular formula is C5H10N2O. The van der Waals surface area contributed by atoms with E-state index in [9.17, 15) is 0 Å². The average Bonchev–Trinajstić information content (AvgIpc) is 1.66. The van der Waals surface area contributed by atoms with Gasteiger partial charge in [0.1, 0.15) is 6.61 Å². The lowest BCUT2D eigenvalue weighted by molar-refractivity contribution is 0.0775. The molecule has 0 fully saturated rings. The SMILES string of the molecule is CN(C)COCC#N. The Morgan fingerprint density at radius 1 is 1.62 bits per heavy atom. The second-order valence-electron chi connectivity index (χ2n) is 1.72. The molecule has 0 saturated heterocycles. The van der Waals surface area contributed by atoms with Crippen LogP contribution in [0.25, 0.3) is 0 Å². The van der Waals surface area contributed by atoms with Crippen molar-refractivity contribution in [2.75, 3.05) is 27.4 Å². The van der Waals surface area contributed by atoms with E-state index < -0.39 is 0 Å². The van der Waals surface area contributed by atoms with Gasteiger partial charge in [0.05, 0.1) is 12.8 Å². The van der Waals surface area contributed by atoms with Crippen LogP contribution in [0.15, 0.2) is 0 Å². The van der Waals surface area contributed by atoms with E-state index in [1.165, 1.54) is 0 Å². The summed E-state index contributed by atoms with van der Waals surface area (Å²) in [6, 6.07) is 1.87. The van der Waals surface area contributed by atoms with E-state index in [1.54, 1.807) is 0 Å². The molecule has 8 heavy (non-hydrogen) atoms. The first kappa shape index (κ1) is 7.41. The lowest BCUT2D eigenvalue weighted by atomic mass is 10.8. The van der Waals surface area contributed by atoms with Crippen molar-refractivity contribution in [1.29, 1.82) is 5.26 Å². The molecule has 0 radical (unpaired) electrons. The van der Waals surface area contributed by atoms with Gasteiger partial charge in [-0.2, -0.15) is 5.26 Å². The van der Waals surface area contributed by atoms with Crippen molar-refractivity contribution in [2.45, 2.75) is 0 Å². The summed E-state index contributed by atoms with van der Waals surface area (Å²) in [5, 5.41) is 7.99. The van der Waals surface area contributed by atoms with E-state index >= 15 is 0 Å². The first-order valence-corrected chi connectivity index (χ1v) is 2.37. The molecular weight excluding hydrogens is 104 g/mol. The van der Waals surface area contributed by atoms with E-state index in [-0.39, 0.29) is 6.61 Å². The van der Waals surface area contributed by atoms with Crippen molar-refractivity contribution in [3.63, 3.8) is 0 Å². The van der Waals surface area contributed by atoms with Gasteiger partial charge in [-0.1, -0.05) is 0 Å². The van der Waals surface area contributed by atoms with Crippen LogP contribution in [0, 0.1) is 11.3 Å². The smallest absolute Gasteiger partial charge is 0.135 e. The third-order valence-electron chi connectivity index (χ3n) is 0.516. The molecule has 0 atom stereocenters. The Morgan fingerprint density at radius 2 is 2.25 bits per heavy atom. The van der Waals surface area contributed by atoms with E-state index in [0.29, 0.717) is 6.73 Å².